The number of thiazole rings is 1. The lowest BCUT2D eigenvalue weighted by molar-refractivity contribution is 0.144. The lowest BCUT2D eigenvalue weighted by atomic mass is 9.99. The van der Waals surface area contributed by atoms with Crippen molar-refractivity contribution in [1.82, 2.24) is 14.9 Å². The van der Waals surface area contributed by atoms with Crippen molar-refractivity contribution in [1.29, 1.82) is 5.26 Å². The predicted molar refractivity (Wildman–Crippen MR) is 114 cm³/mol. The summed E-state index contributed by atoms with van der Waals surface area (Å²) in [6.45, 7) is 4.16. The molecule has 1 saturated heterocycles. The van der Waals surface area contributed by atoms with Crippen molar-refractivity contribution in [2.75, 3.05) is 18.4 Å². The van der Waals surface area contributed by atoms with E-state index in [1.807, 2.05) is 13.0 Å². The maximum atomic E-state index is 9.05. The molecule has 6 nitrogen and oxygen atoms in total. The zero-order valence-corrected chi connectivity index (χ0v) is 17.4. The van der Waals surface area contributed by atoms with E-state index in [2.05, 4.69) is 32.7 Å². The number of nitriles is 1. The molecular weight excluding hydrogens is 382 g/mol. The molecule has 0 aliphatic carbocycles. The number of furan rings is 1. The van der Waals surface area contributed by atoms with Gasteiger partial charge in [-0.2, -0.15) is 5.26 Å². The molecule has 7 heteroatoms. The Labute approximate surface area is 175 Å². The number of likely N-dealkylation sites (tertiary alicyclic amines) is 1. The summed E-state index contributed by atoms with van der Waals surface area (Å²) in [4.78, 5) is 11.7. The third-order valence-electron chi connectivity index (χ3n) is 5.27. The summed E-state index contributed by atoms with van der Waals surface area (Å²) in [6.07, 6.45) is 7.33. The summed E-state index contributed by atoms with van der Waals surface area (Å²) in [6, 6.07) is 10.1. The molecule has 0 amide bonds. The number of pyridine rings is 1. The summed E-state index contributed by atoms with van der Waals surface area (Å²) >= 11 is 1.59. The normalized spacial score (nSPS) is 17.2. The van der Waals surface area contributed by atoms with Crippen molar-refractivity contribution in [3.05, 3.63) is 58.6 Å². The predicted octanol–water partition coefficient (Wildman–Crippen LogP) is 5.21. The van der Waals surface area contributed by atoms with Crippen molar-refractivity contribution < 1.29 is 4.42 Å². The number of aromatic nitrogens is 2. The second-order valence-corrected chi connectivity index (χ2v) is 8.27. The minimum absolute atomic E-state index is 0.368. The monoisotopic (exact) mass is 407 g/mol. The van der Waals surface area contributed by atoms with E-state index in [-0.39, 0.29) is 0 Å². The molecule has 3 aromatic rings. The molecule has 1 unspecified atom stereocenters. The van der Waals surface area contributed by atoms with E-state index >= 15 is 0 Å². The largest absolute Gasteiger partial charge is 0.466 e. The van der Waals surface area contributed by atoms with Crippen molar-refractivity contribution in [3.63, 3.8) is 0 Å². The van der Waals surface area contributed by atoms with E-state index in [4.69, 9.17) is 14.7 Å². The number of anilines is 2. The summed E-state index contributed by atoms with van der Waals surface area (Å²) < 4.78 is 5.70. The highest BCUT2D eigenvalue weighted by Crippen LogP contribution is 2.33. The summed E-state index contributed by atoms with van der Waals surface area (Å²) in [5, 5.41) is 15.2. The zero-order valence-electron chi connectivity index (χ0n) is 16.6. The van der Waals surface area contributed by atoms with Crippen LogP contribution in [-0.4, -0.2) is 28.0 Å². The van der Waals surface area contributed by atoms with Gasteiger partial charge in [0.2, 0.25) is 0 Å². The highest BCUT2D eigenvalue weighted by atomic mass is 32.1. The van der Waals surface area contributed by atoms with Gasteiger partial charge in [-0.1, -0.05) is 6.42 Å². The number of nitrogens with zero attached hydrogens (tertiary/aromatic N) is 4. The molecule has 29 heavy (non-hydrogen) atoms. The van der Waals surface area contributed by atoms with Gasteiger partial charge in [-0.05, 0) is 63.5 Å². The third-order valence-corrected chi connectivity index (χ3v) is 6.04. The van der Waals surface area contributed by atoms with Crippen molar-refractivity contribution >= 4 is 22.3 Å². The van der Waals surface area contributed by atoms with Crippen LogP contribution in [0.3, 0.4) is 0 Å². The van der Waals surface area contributed by atoms with Gasteiger partial charge in [0, 0.05) is 18.0 Å². The molecule has 1 atom stereocenters. The van der Waals surface area contributed by atoms with Gasteiger partial charge in [-0.15, -0.1) is 11.3 Å². The molecule has 0 bridgehead atoms. The van der Waals surface area contributed by atoms with E-state index in [1.165, 1.54) is 12.8 Å². The molecule has 0 spiro atoms. The minimum Gasteiger partial charge on any atom is -0.466 e. The van der Waals surface area contributed by atoms with Crippen molar-refractivity contribution in [2.45, 2.75) is 45.1 Å². The smallest absolute Gasteiger partial charge is 0.188 e. The molecule has 1 fully saturated rings. The third kappa shape index (κ3) is 5.03. The van der Waals surface area contributed by atoms with Crippen molar-refractivity contribution in [2.24, 2.45) is 0 Å². The van der Waals surface area contributed by atoms with Gasteiger partial charge in [-0.25, -0.2) is 9.97 Å². The molecule has 4 heterocycles. The van der Waals surface area contributed by atoms with E-state index in [0.29, 0.717) is 17.4 Å². The summed E-state index contributed by atoms with van der Waals surface area (Å²) in [7, 11) is 0. The van der Waals surface area contributed by atoms with Gasteiger partial charge in [0.05, 0.1) is 23.4 Å². The van der Waals surface area contributed by atoms with E-state index in [1.54, 1.807) is 29.7 Å². The van der Waals surface area contributed by atoms with Crippen molar-refractivity contribution in [3.8, 4) is 6.07 Å². The molecule has 0 saturated carbocycles. The Balaban J connectivity index is 1.38. The van der Waals surface area contributed by atoms with Crippen LogP contribution in [0, 0.1) is 18.3 Å². The van der Waals surface area contributed by atoms with Crippen LogP contribution in [0.15, 0.2) is 40.3 Å². The van der Waals surface area contributed by atoms with Crippen LogP contribution in [0.2, 0.25) is 0 Å². The van der Waals surface area contributed by atoms with E-state index in [0.717, 1.165) is 54.7 Å². The average molecular weight is 408 g/mol. The first-order valence-corrected chi connectivity index (χ1v) is 11.0. The SMILES string of the molecule is Cc1ccc(CCCN2CCCCC2c2csc(Nc3cc(C#N)ccn3)n2)o1. The standard InChI is InChI=1S/C22H25N5OS/c1-16-7-8-18(28-16)5-4-12-27-11-3-2-6-20(27)19-15-29-22(25-19)26-21-13-17(14-23)9-10-24-21/h7-10,13,15,20H,2-6,11-12H2,1H3,(H,24,25,26). The molecule has 0 aromatic carbocycles. The van der Waals surface area contributed by atoms with Crippen LogP contribution >= 0.6 is 11.3 Å². The number of hydrogen-bond acceptors (Lipinski definition) is 7. The molecule has 1 aliphatic heterocycles. The van der Waals surface area contributed by atoms with Crippen LogP contribution < -0.4 is 5.32 Å². The first-order valence-electron chi connectivity index (χ1n) is 10.1. The Morgan fingerprint density at radius 2 is 2.28 bits per heavy atom. The maximum Gasteiger partial charge on any atom is 0.188 e. The quantitative estimate of drug-likeness (QED) is 0.579. The van der Waals surface area contributed by atoms with Gasteiger partial charge in [-0.3, -0.25) is 4.90 Å². The average Bonchev–Trinajstić information content (AvgIpc) is 3.37. The van der Waals surface area contributed by atoms with E-state index < -0.39 is 0 Å². The van der Waals surface area contributed by atoms with E-state index in [9.17, 15) is 0 Å². The number of aryl methyl sites for hydroxylation is 2. The van der Waals surface area contributed by atoms with Gasteiger partial charge >= 0.3 is 0 Å². The Kier molecular flexibility index (Phi) is 6.23. The second-order valence-electron chi connectivity index (χ2n) is 7.41. The van der Waals surface area contributed by atoms with Crippen LogP contribution in [0.25, 0.3) is 0 Å². The maximum absolute atomic E-state index is 9.05. The fraction of sp³-hybridized carbons (Fsp3) is 0.409. The lowest BCUT2D eigenvalue weighted by Crippen LogP contribution is -2.34. The molecule has 1 aliphatic rings. The highest BCUT2D eigenvalue weighted by Gasteiger charge is 2.25. The molecule has 4 rings (SSSR count). The topological polar surface area (TPSA) is 78.0 Å². The Hall–Kier alpha value is -2.69. The van der Waals surface area contributed by atoms with Crippen LogP contribution in [0.1, 0.15) is 54.5 Å². The van der Waals surface area contributed by atoms with Gasteiger partial charge in [0.15, 0.2) is 5.13 Å². The zero-order chi connectivity index (χ0) is 20.1. The first-order chi connectivity index (χ1) is 14.2. The van der Waals surface area contributed by atoms with Crippen LogP contribution in [-0.2, 0) is 6.42 Å². The summed E-state index contributed by atoms with van der Waals surface area (Å²) in [5.41, 5.74) is 1.71. The molecule has 150 valence electrons. The molecule has 3 aromatic heterocycles. The number of rotatable bonds is 7. The first kappa shape index (κ1) is 19.6. The minimum atomic E-state index is 0.368. The Morgan fingerprint density at radius 3 is 3.10 bits per heavy atom. The Bertz CT molecular complexity index is 989. The van der Waals surface area contributed by atoms with Gasteiger partial charge < -0.3 is 9.73 Å². The highest BCUT2D eigenvalue weighted by molar-refractivity contribution is 7.13. The summed E-state index contributed by atoms with van der Waals surface area (Å²) in [5.74, 6) is 2.70. The number of nitrogens with one attached hydrogen (secondary N) is 1. The van der Waals surface area contributed by atoms with Gasteiger partial charge in [0.25, 0.3) is 0 Å². The van der Waals surface area contributed by atoms with Crippen LogP contribution in [0.4, 0.5) is 10.9 Å². The fourth-order valence-corrected chi connectivity index (χ4v) is 4.61. The number of piperidine rings is 1. The fourth-order valence-electron chi connectivity index (χ4n) is 3.84. The molecular formula is C22H25N5OS. The lowest BCUT2D eigenvalue weighted by Gasteiger charge is -2.34. The number of hydrogen-bond donors (Lipinski definition) is 1. The second kappa shape index (κ2) is 9.21. The van der Waals surface area contributed by atoms with Gasteiger partial charge in [0.1, 0.15) is 17.3 Å². The molecule has 0 radical (unpaired) electrons. The van der Waals surface area contributed by atoms with Crippen LogP contribution in [0.5, 0.6) is 0 Å². The molecule has 1 N–H and O–H groups in total. The Morgan fingerprint density at radius 1 is 1.34 bits per heavy atom.